The minimum atomic E-state index is -1.14. The molecule has 0 bridgehead atoms. The van der Waals surface area contributed by atoms with Gasteiger partial charge in [-0.25, -0.2) is 4.79 Å². The van der Waals surface area contributed by atoms with E-state index in [1.54, 1.807) is 6.92 Å². The maximum atomic E-state index is 11.7. The van der Waals surface area contributed by atoms with Gasteiger partial charge in [-0.05, 0) is 25.2 Å². The van der Waals surface area contributed by atoms with E-state index >= 15 is 0 Å². The first-order chi connectivity index (χ1) is 7.91. The smallest absolute Gasteiger partial charge is 0.326 e. The molecular formula is C11H18N2O4. The van der Waals surface area contributed by atoms with Crippen LogP contribution in [-0.2, 0) is 14.4 Å². The zero-order valence-corrected chi connectivity index (χ0v) is 9.81. The third-order valence-electron chi connectivity index (χ3n) is 3.04. The van der Waals surface area contributed by atoms with Crippen molar-refractivity contribution < 1.29 is 19.5 Å². The van der Waals surface area contributed by atoms with Crippen molar-refractivity contribution >= 4 is 17.8 Å². The van der Waals surface area contributed by atoms with Crippen LogP contribution >= 0.6 is 0 Å². The fraction of sp³-hybridized carbons (Fsp3) is 0.727. The van der Waals surface area contributed by atoms with E-state index in [9.17, 15) is 14.4 Å². The maximum absolute atomic E-state index is 11.7. The number of aliphatic carboxylic acids is 1. The van der Waals surface area contributed by atoms with Crippen LogP contribution in [0.2, 0.25) is 0 Å². The fourth-order valence-corrected chi connectivity index (χ4v) is 1.66. The number of primary amides is 1. The molecular weight excluding hydrogens is 224 g/mol. The van der Waals surface area contributed by atoms with Gasteiger partial charge in [0.15, 0.2) is 0 Å². The van der Waals surface area contributed by atoms with Crippen LogP contribution in [0.5, 0.6) is 0 Å². The molecule has 0 aromatic heterocycles. The van der Waals surface area contributed by atoms with Crippen LogP contribution in [-0.4, -0.2) is 28.9 Å². The summed E-state index contributed by atoms with van der Waals surface area (Å²) in [6.07, 6.45) is 2.03. The lowest BCUT2D eigenvalue weighted by Crippen LogP contribution is -2.44. The first-order valence-corrected chi connectivity index (χ1v) is 5.73. The third kappa shape index (κ3) is 4.42. The molecule has 96 valence electrons. The molecule has 2 atom stereocenters. The van der Waals surface area contributed by atoms with Crippen LogP contribution < -0.4 is 11.1 Å². The summed E-state index contributed by atoms with van der Waals surface area (Å²) in [6.45, 7) is 1.79. The Morgan fingerprint density at radius 1 is 1.41 bits per heavy atom. The summed E-state index contributed by atoms with van der Waals surface area (Å²) in [4.78, 5) is 33.2. The largest absolute Gasteiger partial charge is 0.480 e. The van der Waals surface area contributed by atoms with E-state index < -0.39 is 17.9 Å². The number of carboxylic acids is 1. The number of nitrogens with two attached hydrogens (primary N) is 1. The highest BCUT2D eigenvalue weighted by Crippen LogP contribution is 2.36. The molecule has 1 rings (SSSR count). The van der Waals surface area contributed by atoms with Crippen LogP contribution in [0.3, 0.4) is 0 Å². The molecule has 0 aliphatic heterocycles. The lowest BCUT2D eigenvalue weighted by Gasteiger charge is -2.17. The Bertz CT molecular complexity index is 325. The van der Waals surface area contributed by atoms with Gasteiger partial charge in [-0.15, -0.1) is 0 Å². The molecule has 1 saturated carbocycles. The predicted octanol–water partition coefficient (Wildman–Crippen LogP) is -0.133. The van der Waals surface area contributed by atoms with E-state index in [1.165, 1.54) is 0 Å². The second kappa shape index (κ2) is 5.65. The van der Waals surface area contributed by atoms with Crippen molar-refractivity contribution in [2.45, 2.75) is 38.6 Å². The summed E-state index contributed by atoms with van der Waals surface area (Å²) in [7, 11) is 0. The highest BCUT2D eigenvalue weighted by molar-refractivity contribution is 5.85. The summed E-state index contributed by atoms with van der Waals surface area (Å²) in [5.74, 6) is -1.75. The Hall–Kier alpha value is -1.59. The second-order valence-corrected chi connectivity index (χ2v) is 4.53. The van der Waals surface area contributed by atoms with Crippen molar-refractivity contribution in [3.63, 3.8) is 0 Å². The van der Waals surface area contributed by atoms with Crippen molar-refractivity contribution in [1.82, 2.24) is 5.32 Å². The van der Waals surface area contributed by atoms with Crippen molar-refractivity contribution in [3.05, 3.63) is 0 Å². The van der Waals surface area contributed by atoms with Crippen molar-refractivity contribution in [2.75, 3.05) is 0 Å². The number of carbonyl (C=O) groups is 3. The zero-order chi connectivity index (χ0) is 13.0. The monoisotopic (exact) mass is 242 g/mol. The van der Waals surface area contributed by atoms with E-state index in [0.717, 1.165) is 12.8 Å². The molecule has 17 heavy (non-hydrogen) atoms. The normalized spacial score (nSPS) is 18.2. The molecule has 1 fully saturated rings. The maximum Gasteiger partial charge on any atom is 0.326 e. The number of hydrogen-bond acceptors (Lipinski definition) is 3. The fourth-order valence-electron chi connectivity index (χ4n) is 1.66. The van der Waals surface area contributed by atoms with E-state index in [-0.39, 0.29) is 24.7 Å². The SMILES string of the molecule is CC(C(=O)NC(CCC(N)=O)C(=O)O)C1CC1. The standard InChI is InChI=1S/C11H18N2O4/c1-6(7-2-3-7)10(15)13-8(11(16)17)4-5-9(12)14/h6-8H,2-5H2,1H3,(H2,12,14)(H,13,15)(H,16,17). The van der Waals surface area contributed by atoms with E-state index in [2.05, 4.69) is 5.32 Å². The summed E-state index contributed by atoms with van der Waals surface area (Å²) >= 11 is 0. The minimum Gasteiger partial charge on any atom is -0.480 e. The molecule has 6 heteroatoms. The molecule has 4 N–H and O–H groups in total. The Balaban J connectivity index is 2.44. The lowest BCUT2D eigenvalue weighted by molar-refractivity contribution is -0.142. The van der Waals surface area contributed by atoms with Crippen LogP contribution in [0.15, 0.2) is 0 Å². The topological polar surface area (TPSA) is 109 Å². The lowest BCUT2D eigenvalue weighted by atomic mass is 10.0. The molecule has 0 aromatic carbocycles. The number of carboxylic acid groups (broad SMARTS) is 1. The Morgan fingerprint density at radius 2 is 2.00 bits per heavy atom. The van der Waals surface area contributed by atoms with Crippen LogP contribution in [0.1, 0.15) is 32.6 Å². The van der Waals surface area contributed by atoms with Crippen LogP contribution in [0, 0.1) is 11.8 Å². The second-order valence-electron chi connectivity index (χ2n) is 4.53. The van der Waals surface area contributed by atoms with Crippen molar-refractivity contribution in [2.24, 2.45) is 17.6 Å². The van der Waals surface area contributed by atoms with Gasteiger partial charge in [-0.1, -0.05) is 6.92 Å². The third-order valence-corrected chi connectivity index (χ3v) is 3.04. The molecule has 0 radical (unpaired) electrons. The van der Waals surface area contributed by atoms with Crippen LogP contribution in [0.4, 0.5) is 0 Å². The average Bonchev–Trinajstić information content (AvgIpc) is 3.05. The van der Waals surface area contributed by atoms with E-state index in [1.807, 2.05) is 0 Å². The van der Waals surface area contributed by atoms with Gasteiger partial charge in [0.05, 0.1) is 0 Å². The minimum absolute atomic E-state index is 0.0355. The van der Waals surface area contributed by atoms with Gasteiger partial charge in [-0.3, -0.25) is 9.59 Å². The van der Waals surface area contributed by atoms with E-state index in [4.69, 9.17) is 10.8 Å². The quantitative estimate of drug-likeness (QED) is 0.577. The highest BCUT2D eigenvalue weighted by Gasteiger charge is 2.34. The molecule has 1 aliphatic rings. The van der Waals surface area contributed by atoms with Gasteiger partial charge >= 0.3 is 5.97 Å². The number of amides is 2. The first-order valence-electron chi connectivity index (χ1n) is 5.73. The number of nitrogens with one attached hydrogen (secondary N) is 1. The van der Waals surface area contributed by atoms with Gasteiger partial charge in [0.1, 0.15) is 6.04 Å². The predicted molar refractivity (Wildman–Crippen MR) is 59.9 cm³/mol. The molecule has 0 aromatic rings. The Labute approximate surface area is 99.6 Å². The van der Waals surface area contributed by atoms with Gasteiger partial charge in [0, 0.05) is 12.3 Å². The van der Waals surface area contributed by atoms with Crippen molar-refractivity contribution in [1.29, 1.82) is 0 Å². The van der Waals surface area contributed by atoms with E-state index in [0.29, 0.717) is 5.92 Å². The zero-order valence-electron chi connectivity index (χ0n) is 9.81. The molecule has 6 nitrogen and oxygen atoms in total. The molecule has 2 amide bonds. The summed E-state index contributed by atoms with van der Waals surface area (Å²) in [5.41, 5.74) is 4.95. The highest BCUT2D eigenvalue weighted by atomic mass is 16.4. The van der Waals surface area contributed by atoms with Gasteiger partial charge in [0.2, 0.25) is 11.8 Å². The van der Waals surface area contributed by atoms with Gasteiger partial charge in [-0.2, -0.15) is 0 Å². The summed E-state index contributed by atoms with van der Waals surface area (Å²) < 4.78 is 0. The first kappa shape index (κ1) is 13.5. The molecule has 0 saturated heterocycles. The summed E-state index contributed by atoms with van der Waals surface area (Å²) in [6, 6.07) is -1.03. The molecule has 2 unspecified atom stereocenters. The van der Waals surface area contributed by atoms with Gasteiger partial charge < -0.3 is 16.2 Å². The Morgan fingerprint density at radius 3 is 2.41 bits per heavy atom. The number of hydrogen-bond donors (Lipinski definition) is 3. The molecule has 0 spiro atoms. The van der Waals surface area contributed by atoms with Crippen molar-refractivity contribution in [3.8, 4) is 0 Å². The number of carbonyl (C=O) groups excluding carboxylic acids is 2. The molecule has 0 heterocycles. The average molecular weight is 242 g/mol. The molecule has 1 aliphatic carbocycles. The summed E-state index contributed by atoms with van der Waals surface area (Å²) in [5, 5.41) is 11.4. The number of rotatable bonds is 7. The van der Waals surface area contributed by atoms with Crippen LogP contribution in [0.25, 0.3) is 0 Å². The van der Waals surface area contributed by atoms with Gasteiger partial charge in [0.25, 0.3) is 0 Å². The Kier molecular flexibility index (Phi) is 4.48.